The molecule has 0 saturated carbocycles. The van der Waals surface area contributed by atoms with Gasteiger partial charge in [-0.15, -0.1) is 0 Å². The maximum atomic E-state index is 12.6. The first kappa shape index (κ1) is 19.5. The van der Waals surface area contributed by atoms with Gasteiger partial charge in [-0.25, -0.2) is 9.59 Å². The van der Waals surface area contributed by atoms with Crippen LogP contribution in [0.5, 0.6) is 0 Å². The zero-order valence-electron chi connectivity index (χ0n) is 15.5. The third kappa shape index (κ3) is 4.85. The van der Waals surface area contributed by atoms with Crippen LogP contribution in [0, 0.1) is 0 Å². The third-order valence-electron chi connectivity index (χ3n) is 4.53. The molecule has 0 aliphatic rings. The summed E-state index contributed by atoms with van der Waals surface area (Å²) in [7, 11) is 1.34. The summed E-state index contributed by atoms with van der Waals surface area (Å²) in [5, 5.41) is 5.75. The van der Waals surface area contributed by atoms with Crippen LogP contribution >= 0.6 is 0 Å². The molecule has 2 atom stereocenters. The van der Waals surface area contributed by atoms with Crippen LogP contribution in [-0.4, -0.2) is 24.6 Å². The lowest BCUT2D eigenvalue weighted by molar-refractivity contribution is -0.148. The second-order valence-electron chi connectivity index (χ2n) is 6.32. The van der Waals surface area contributed by atoms with Gasteiger partial charge in [0.1, 0.15) is 5.54 Å². The zero-order chi connectivity index (χ0) is 19.0. The molecule has 2 aromatic carbocycles. The Morgan fingerprint density at radius 3 is 2.15 bits per heavy atom. The molecule has 0 spiro atoms. The monoisotopic (exact) mass is 354 g/mol. The quantitative estimate of drug-likeness (QED) is 0.747. The predicted octanol–water partition coefficient (Wildman–Crippen LogP) is 3.61. The second-order valence-corrected chi connectivity index (χ2v) is 6.32. The van der Waals surface area contributed by atoms with Crippen LogP contribution in [0.25, 0.3) is 0 Å². The highest BCUT2D eigenvalue weighted by atomic mass is 16.5. The number of methoxy groups -OCH3 is 1. The predicted molar refractivity (Wildman–Crippen MR) is 102 cm³/mol. The number of nitrogens with one attached hydrogen (secondary N) is 2. The largest absolute Gasteiger partial charge is 0.467 e. The molecule has 5 heteroatoms. The molecule has 2 rings (SSSR count). The molecule has 0 radical (unpaired) electrons. The van der Waals surface area contributed by atoms with Gasteiger partial charge in [-0.1, -0.05) is 67.6 Å². The normalized spacial score (nSPS) is 14.0. The average molecular weight is 354 g/mol. The van der Waals surface area contributed by atoms with Gasteiger partial charge >= 0.3 is 12.0 Å². The van der Waals surface area contributed by atoms with E-state index in [-0.39, 0.29) is 6.04 Å². The van der Waals surface area contributed by atoms with Crippen molar-refractivity contribution in [3.05, 3.63) is 71.8 Å². The lowest BCUT2D eigenvalue weighted by Crippen LogP contribution is -2.58. The van der Waals surface area contributed by atoms with Crippen LogP contribution in [0.15, 0.2) is 60.7 Å². The molecule has 138 valence electrons. The Bertz CT molecular complexity index is 719. The van der Waals surface area contributed by atoms with E-state index in [1.807, 2.05) is 74.5 Å². The van der Waals surface area contributed by atoms with Crippen molar-refractivity contribution in [1.29, 1.82) is 0 Å². The number of carbonyl (C=O) groups excluding carboxylic acids is 2. The number of ether oxygens (including phenoxy) is 1. The molecule has 0 saturated heterocycles. The van der Waals surface area contributed by atoms with Gasteiger partial charge < -0.3 is 15.4 Å². The molecule has 26 heavy (non-hydrogen) atoms. The first-order valence-corrected chi connectivity index (χ1v) is 8.76. The molecule has 2 amide bonds. The molecule has 0 unspecified atom stereocenters. The minimum atomic E-state index is -1.11. The molecule has 0 fully saturated rings. The Labute approximate surface area is 154 Å². The number of benzene rings is 2. The molecule has 0 bridgehead atoms. The summed E-state index contributed by atoms with van der Waals surface area (Å²) in [6.45, 7) is 3.76. The van der Waals surface area contributed by atoms with Gasteiger partial charge in [0.2, 0.25) is 0 Å². The molecular weight excluding hydrogens is 328 g/mol. The fourth-order valence-electron chi connectivity index (χ4n) is 2.94. The van der Waals surface area contributed by atoms with E-state index in [2.05, 4.69) is 10.6 Å². The minimum absolute atomic E-state index is 0.180. The van der Waals surface area contributed by atoms with Crippen molar-refractivity contribution in [3.63, 3.8) is 0 Å². The lowest BCUT2D eigenvalue weighted by atomic mass is 9.88. The van der Waals surface area contributed by atoms with Crippen molar-refractivity contribution >= 4 is 12.0 Å². The highest BCUT2D eigenvalue weighted by Gasteiger charge is 2.39. The smallest absolute Gasteiger partial charge is 0.331 e. The Morgan fingerprint density at radius 2 is 1.62 bits per heavy atom. The Hall–Kier alpha value is -2.82. The first-order valence-electron chi connectivity index (χ1n) is 8.76. The highest BCUT2D eigenvalue weighted by molar-refractivity contribution is 5.87. The summed E-state index contributed by atoms with van der Waals surface area (Å²) in [6.07, 6.45) is 0.784. The number of amides is 2. The van der Waals surface area contributed by atoms with Crippen molar-refractivity contribution < 1.29 is 14.3 Å². The summed E-state index contributed by atoms with van der Waals surface area (Å²) in [5.74, 6) is -0.452. The van der Waals surface area contributed by atoms with Gasteiger partial charge in [0.05, 0.1) is 13.2 Å². The fourth-order valence-corrected chi connectivity index (χ4v) is 2.94. The molecule has 0 heterocycles. The van der Waals surface area contributed by atoms with Crippen LogP contribution < -0.4 is 10.6 Å². The number of hydrogen-bond donors (Lipinski definition) is 2. The van der Waals surface area contributed by atoms with Gasteiger partial charge in [0.15, 0.2) is 0 Å². The standard InChI is InChI=1S/C21H26N2O3/c1-4-21(19(24)26-3,15-17-11-7-5-8-12-17)23-20(25)22-16(2)18-13-9-6-10-14-18/h5-14,16H,4,15H2,1-3H3,(H2,22,23,25)/t16-,21+/m1/s1. The summed E-state index contributed by atoms with van der Waals surface area (Å²) >= 11 is 0. The third-order valence-corrected chi connectivity index (χ3v) is 4.53. The molecule has 2 N–H and O–H groups in total. The summed E-state index contributed by atoms with van der Waals surface area (Å²) in [5.41, 5.74) is 0.832. The second kappa shape index (κ2) is 9.04. The SMILES string of the molecule is CC[C@@](Cc1ccccc1)(NC(=O)N[C@H](C)c1ccccc1)C(=O)OC. The molecule has 5 nitrogen and oxygen atoms in total. The molecule has 0 aromatic heterocycles. The van der Waals surface area contributed by atoms with Crippen molar-refractivity contribution in [2.24, 2.45) is 0 Å². The first-order chi connectivity index (χ1) is 12.5. The molecule has 2 aromatic rings. The van der Waals surface area contributed by atoms with Crippen molar-refractivity contribution in [2.75, 3.05) is 7.11 Å². The lowest BCUT2D eigenvalue weighted by Gasteiger charge is -2.31. The topological polar surface area (TPSA) is 67.4 Å². The summed E-state index contributed by atoms with van der Waals surface area (Å²) < 4.78 is 4.99. The van der Waals surface area contributed by atoms with Crippen molar-refractivity contribution in [3.8, 4) is 0 Å². The number of hydrogen-bond acceptors (Lipinski definition) is 3. The fraction of sp³-hybridized carbons (Fsp3) is 0.333. The Balaban J connectivity index is 2.15. The van der Waals surface area contributed by atoms with Gasteiger partial charge in [0, 0.05) is 6.42 Å². The van der Waals surface area contributed by atoms with Crippen LogP contribution in [-0.2, 0) is 16.0 Å². The van der Waals surface area contributed by atoms with E-state index in [0.29, 0.717) is 12.8 Å². The van der Waals surface area contributed by atoms with E-state index in [4.69, 9.17) is 4.74 Å². The summed E-state index contributed by atoms with van der Waals surface area (Å²) in [6, 6.07) is 18.7. The van der Waals surface area contributed by atoms with E-state index in [9.17, 15) is 9.59 Å². The zero-order valence-corrected chi connectivity index (χ0v) is 15.5. The van der Waals surface area contributed by atoms with E-state index < -0.39 is 17.5 Å². The maximum Gasteiger partial charge on any atom is 0.331 e. The van der Waals surface area contributed by atoms with E-state index >= 15 is 0 Å². The Kier molecular flexibility index (Phi) is 6.78. The molecule has 0 aliphatic heterocycles. The molecule has 0 aliphatic carbocycles. The van der Waals surface area contributed by atoms with Gasteiger partial charge in [-0.05, 0) is 24.5 Å². The number of rotatable bonds is 7. The van der Waals surface area contributed by atoms with Gasteiger partial charge in [0.25, 0.3) is 0 Å². The van der Waals surface area contributed by atoms with Crippen molar-refractivity contribution in [1.82, 2.24) is 10.6 Å². The number of carbonyl (C=O) groups is 2. The number of urea groups is 1. The van der Waals surface area contributed by atoms with E-state index in [0.717, 1.165) is 11.1 Å². The minimum Gasteiger partial charge on any atom is -0.467 e. The van der Waals surface area contributed by atoms with Crippen LogP contribution in [0.4, 0.5) is 4.79 Å². The van der Waals surface area contributed by atoms with E-state index in [1.54, 1.807) is 0 Å². The maximum absolute atomic E-state index is 12.6. The highest BCUT2D eigenvalue weighted by Crippen LogP contribution is 2.20. The molecular formula is C21H26N2O3. The van der Waals surface area contributed by atoms with E-state index in [1.165, 1.54) is 7.11 Å². The van der Waals surface area contributed by atoms with Gasteiger partial charge in [-0.2, -0.15) is 0 Å². The van der Waals surface area contributed by atoms with Crippen LogP contribution in [0.2, 0.25) is 0 Å². The van der Waals surface area contributed by atoms with Crippen LogP contribution in [0.3, 0.4) is 0 Å². The number of esters is 1. The van der Waals surface area contributed by atoms with Crippen LogP contribution in [0.1, 0.15) is 37.4 Å². The summed E-state index contributed by atoms with van der Waals surface area (Å²) in [4.78, 5) is 25.1. The van der Waals surface area contributed by atoms with Crippen molar-refractivity contribution in [2.45, 2.75) is 38.3 Å². The Morgan fingerprint density at radius 1 is 1.04 bits per heavy atom. The average Bonchev–Trinajstić information content (AvgIpc) is 2.68. The van der Waals surface area contributed by atoms with Gasteiger partial charge in [-0.3, -0.25) is 0 Å².